The summed E-state index contributed by atoms with van der Waals surface area (Å²) in [6, 6.07) is 12.8. The van der Waals surface area contributed by atoms with Crippen molar-refractivity contribution >= 4 is 40.1 Å². The number of halogens is 1. The molecule has 0 spiro atoms. The Bertz CT molecular complexity index is 964. The predicted molar refractivity (Wildman–Crippen MR) is 132 cm³/mol. The average Bonchev–Trinajstić information content (AvgIpc) is 2.82. The maximum absolute atomic E-state index is 13.3. The smallest absolute Gasteiger partial charge is 0.238 e. The van der Waals surface area contributed by atoms with Crippen LogP contribution in [0, 0.1) is 5.82 Å². The molecule has 1 fully saturated rings. The number of amidine groups is 1. The number of benzene rings is 2. The summed E-state index contributed by atoms with van der Waals surface area (Å²) in [7, 11) is 1.58. The Kier molecular flexibility index (Phi) is 9.30. The van der Waals surface area contributed by atoms with Crippen LogP contribution in [0.4, 0.5) is 15.8 Å². The third-order valence-corrected chi connectivity index (χ3v) is 6.51. The number of anilines is 1. The summed E-state index contributed by atoms with van der Waals surface area (Å²) in [4.78, 5) is 32.2. The molecule has 0 aromatic heterocycles. The van der Waals surface area contributed by atoms with Crippen molar-refractivity contribution in [2.24, 2.45) is 4.99 Å². The number of nitrogens with zero attached hydrogens (tertiary/aromatic N) is 2. The standard InChI is InChI=1S/C25H30FN3O3S/c1-3-4-5-6-7-16-29-23(30)17-22(24(31)27-19-12-14-21(32-2)15-13-19)33-25(29)28-20-10-8-18(26)9-11-20/h8-15,22H,3-7,16-17H2,1-2H3,(H,27,31). The zero-order valence-electron chi connectivity index (χ0n) is 19.1. The van der Waals surface area contributed by atoms with Gasteiger partial charge in [0.2, 0.25) is 11.8 Å². The van der Waals surface area contributed by atoms with Crippen LogP contribution in [0.25, 0.3) is 0 Å². The summed E-state index contributed by atoms with van der Waals surface area (Å²) >= 11 is 1.27. The third kappa shape index (κ3) is 7.32. The second-order valence-corrected chi connectivity index (χ2v) is 9.03. The Morgan fingerprint density at radius 2 is 1.82 bits per heavy atom. The number of amides is 2. The first kappa shape index (κ1) is 24.8. The van der Waals surface area contributed by atoms with Crippen LogP contribution in [-0.4, -0.2) is 40.8 Å². The molecular formula is C25H30FN3O3S. The van der Waals surface area contributed by atoms with E-state index in [-0.39, 0.29) is 24.1 Å². The number of nitrogens with one attached hydrogen (secondary N) is 1. The first-order valence-electron chi connectivity index (χ1n) is 11.3. The molecule has 3 rings (SSSR count). The van der Waals surface area contributed by atoms with E-state index in [0.29, 0.717) is 28.8 Å². The van der Waals surface area contributed by atoms with Crippen LogP contribution in [0.15, 0.2) is 53.5 Å². The molecular weight excluding hydrogens is 441 g/mol. The molecule has 2 aromatic carbocycles. The summed E-state index contributed by atoms with van der Waals surface area (Å²) < 4.78 is 18.5. The molecule has 0 saturated carbocycles. The molecule has 176 valence electrons. The molecule has 6 nitrogen and oxygen atoms in total. The van der Waals surface area contributed by atoms with Crippen molar-refractivity contribution in [2.45, 2.75) is 50.7 Å². The van der Waals surface area contributed by atoms with E-state index in [4.69, 9.17) is 4.74 Å². The Balaban J connectivity index is 1.73. The maximum Gasteiger partial charge on any atom is 0.238 e. The quantitative estimate of drug-likeness (QED) is 0.447. The summed E-state index contributed by atoms with van der Waals surface area (Å²) in [5.41, 5.74) is 1.17. The lowest BCUT2D eigenvalue weighted by atomic mass is 10.1. The van der Waals surface area contributed by atoms with Crippen molar-refractivity contribution in [2.75, 3.05) is 19.0 Å². The van der Waals surface area contributed by atoms with E-state index in [1.165, 1.54) is 30.3 Å². The zero-order chi connectivity index (χ0) is 23.6. The summed E-state index contributed by atoms with van der Waals surface area (Å²) in [5, 5.41) is 2.74. The molecule has 8 heteroatoms. The van der Waals surface area contributed by atoms with Crippen molar-refractivity contribution in [3.63, 3.8) is 0 Å². The van der Waals surface area contributed by atoms with E-state index in [9.17, 15) is 14.0 Å². The van der Waals surface area contributed by atoms with E-state index in [1.807, 2.05) is 0 Å². The molecule has 1 aliphatic rings. The largest absolute Gasteiger partial charge is 0.497 e. The molecule has 1 saturated heterocycles. The molecule has 1 heterocycles. The predicted octanol–water partition coefficient (Wildman–Crippen LogP) is 5.77. The topological polar surface area (TPSA) is 71.0 Å². The highest BCUT2D eigenvalue weighted by Crippen LogP contribution is 2.30. The maximum atomic E-state index is 13.3. The number of aliphatic imine (C=N–C) groups is 1. The van der Waals surface area contributed by atoms with Crippen LogP contribution in [-0.2, 0) is 9.59 Å². The molecule has 2 amide bonds. The summed E-state index contributed by atoms with van der Waals surface area (Å²) in [6.07, 6.45) is 5.46. The minimum Gasteiger partial charge on any atom is -0.497 e. The van der Waals surface area contributed by atoms with Gasteiger partial charge in [0.15, 0.2) is 5.17 Å². The van der Waals surface area contributed by atoms with Gasteiger partial charge < -0.3 is 10.1 Å². The van der Waals surface area contributed by atoms with E-state index in [0.717, 1.165) is 25.7 Å². The Labute approximate surface area is 198 Å². The molecule has 0 radical (unpaired) electrons. The highest BCUT2D eigenvalue weighted by molar-refractivity contribution is 8.15. The molecule has 1 N–H and O–H groups in total. The Hall–Kier alpha value is -2.87. The van der Waals surface area contributed by atoms with E-state index < -0.39 is 5.25 Å². The third-order valence-electron chi connectivity index (χ3n) is 5.33. The van der Waals surface area contributed by atoms with Crippen LogP contribution >= 0.6 is 11.8 Å². The second-order valence-electron chi connectivity index (χ2n) is 7.86. The van der Waals surface area contributed by atoms with Crippen molar-refractivity contribution in [3.05, 3.63) is 54.3 Å². The minimum atomic E-state index is -0.602. The van der Waals surface area contributed by atoms with Crippen LogP contribution in [0.2, 0.25) is 0 Å². The van der Waals surface area contributed by atoms with Crippen LogP contribution in [0.1, 0.15) is 45.4 Å². The van der Waals surface area contributed by atoms with Gasteiger partial charge in [-0.2, -0.15) is 0 Å². The molecule has 2 aromatic rings. The zero-order valence-corrected chi connectivity index (χ0v) is 19.9. The number of rotatable bonds is 10. The van der Waals surface area contributed by atoms with Gasteiger partial charge in [-0.05, 0) is 55.0 Å². The van der Waals surface area contributed by atoms with Gasteiger partial charge in [-0.1, -0.05) is 44.4 Å². The number of carbonyl (C=O) groups is 2. The second kappa shape index (κ2) is 12.4. The Morgan fingerprint density at radius 1 is 1.12 bits per heavy atom. The lowest BCUT2D eigenvalue weighted by Crippen LogP contribution is -2.45. The monoisotopic (exact) mass is 471 g/mol. The number of ether oxygens (including phenoxy) is 1. The normalized spacial score (nSPS) is 17.3. The van der Waals surface area contributed by atoms with E-state index in [1.54, 1.807) is 48.4 Å². The van der Waals surface area contributed by atoms with Gasteiger partial charge in [0.25, 0.3) is 0 Å². The van der Waals surface area contributed by atoms with Gasteiger partial charge in [0.1, 0.15) is 16.8 Å². The van der Waals surface area contributed by atoms with Crippen molar-refractivity contribution in [1.29, 1.82) is 0 Å². The SMILES string of the molecule is CCCCCCCN1C(=O)CC(C(=O)Nc2ccc(OC)cc2)SC1=Nc1ccc(F)cc1. The van der Waals surface area contributed by atoms with Crippen molar-refractivity contribution in [3.8, 4) is 5.75 Å². The van der Waals surface area contributed by atoms with Gasteiger partial charge in [-0.25, -0.2) is 9.38 Å². The summed E-state index contributed by atoms with van der Waals surface area (Å²) in [5.74, 6) is -0.0396. The fourth-order valence-corrected chi connectivity index (χ4v) is 4.58. The number of methoxy groups -OCH3 is 1. The number of unbranched alkanes of at least 4 members (excludes halogenated alkanes) is 4. The summed E-state index contributed by atoms with van der Waals surface area (Å²) in [6.45, 7) is 2.72. The molecule has 0 bridgehead atoms. The van der Waals surface area contributed by atoms with Gasteiger partial charge in [-0.15, -0.1) is 0 Å². The molecule has 33 heavy (non-hydrogen) atoms. The fourth-order valence-electron chi connectivity index (χ4n) is 3.46. The van der Waals surface area contributed by atoms with Gasteiger partial charge in [0, 0.05) is 18.7 Å². The molecule has 1 aliphatic heterocycles. The van der Waals surface area contributed by atoms with Crippen LogP contribution in [0.3, 0.4) is 0 Å². The van der Waals surface area contributed by atoms with Crippen molar-refractivity contribution < 1.29 is 18.7 Å². The molecule has 0 aliphatic carbocycles. The highest BCUT2D eigenvalue weighted by Gasteiger charge is 2.35. The molecule has 1 atom stereocenters. The number of thioether (sulfide) groups is 1. The number of hydrogen-bond donors (Lipinski definition) is 1. The minimum absolute atomic E-state index is 0.101. The highest BCUT2D eigenvalue weighted by atomic mass is 32.2. The van der Waals surface area contributed by atoms with E-state index in [2.05, 4.69) is 17.2 Å². The van der Waals surface area contributed by atoms with Crippen LogP contribution < -0.4 is 10.1 Å². The van der Waals surface area contributed by atoms with Crippen LogP contribution in [0.5, 0.6) is 5.75 Å². The Morgan fingerprint density at radius 3 is 2.48 bits per heavy atom. The fraction of sp³-hybridized carbons (Fsp3) is 0.400. The average molecular weight is 472 g/mol. The lowest BCUT2D eigenvalue weighted by molar-refractivity contribution is -0.129. The molecule has 1 unspecified atom stereocenters. The lowest BCUT2D eigenvalue weighted by Gasteiger charge is -2.32. The first-order valence-corrected chi connectivity index (χ1v) is 12.1. The first-order chi connectivity index (χ1) is 16.0. The van der Waals surface area contributed by atoms with Crippen molar-refractivity contribution in [1.82, 2.24) is 4.90 Å². The van der Waals surface area contributed by atoms with E-state index >= 15 is 0 Å². The van der Waals surface area contributed by atoms with Gasteiger partial charge >= 0.3 is 0 Å². The number of hydrogen-bond acceptors (Lipinski definition) is 5. The number of carbonyl (C=O) groups excluding carboxylic acids is 2. The van der Waals surface area contributed by atoms with Gasteiger partial charge in [-0.3, -0.25) is 14.5 Å². The van der Waals surface area contributed by atoms with Gasteiger partial charge in [0.05, 0.1) is 12.8 Å².